The van der Waals surface area contributed by atoms with E-state index in [1.165, 1.54) is 11.3 Å². The maximum Gasteiger partial charge on any atom is 0.265 e. The predicted molar refractivity (Wildman–Crippen MR) is 90.5 cm³/mol. The lowest BCUT2D eigenvalue weighted by Gasteiger charge is -2.33. The Labute approximate surface area is 137 Å². The van der Waals surface area contributed by atoms with Crippen LogP contribution in [-0.2, 0) is 0 Å². The molecule has 0 radical (unpaired) electrons. The molecular formula is C16H14N4O2S. The molecule has 0 atom stereocenters. The lowest BCUT2D eigenvalue weighted by atomic mass is 10.1. The minimum atomic E-state index is -0.167. The Bertz CT molecular complexity index is 829. The fourth-order valence-electron chi connectivity index (χ4n) is 2.84. The molecule has 0 saturated carbocycles. The molecule has 7 heteroatoms. The smallest absolute Gasteiger partial charge is 0.265 e. The zero-order chi connectivity index (χ0) is 16.0. The van der Waals surface area contributed by atoms with E-state index in [0.29, 0.717) is 28.6 Å². The molecule has 4 rings (SSSR count). The minimum Gasteiger partial charge on any atom is -0.321 e. The summed E-state index contributed by atoms with van der Waals surface area (Å²) in [5.41, 5.74) is 2.04. The van der Waals surface area contributed by atoms with Crippen molar-refractivity contribution in [2.75, 3.05) is 30.4 Å². The highest BCUT2D eigenvalue weighted by Gasteiger charge is 2.35. The van der Waals surface area contributed by atoms with Crippen LogP contribution in [0.25, 0.3) is 0 Å². The van der Waals surface area contributed by atoms with Crippen molar-refractivity contribution in [3.8, 4) is 0 Å². The van der Waals surface area contributed by atoms with Crippen LogP contribution in [0, 0.1) is 0 Å². The van der Waals surface area contributed by atoms with Gasteiger partial charge in [0.2, 0.25) is 5.96 Å². The third-order valence-corrected chi connectivity index (χ3v) is 4.81. The second-order valence-corrected chi connectivity index (χ2v) is 6.31. The van der Waals surface area contributed by atoms with Crippen LogP contribution >= 0.6 is 11.3 Å². The summed E-state index contributed by atoms with van der Waals surface area (Å²) in [6, 6.07) is 9.02. The van der Waals surface area contributed by atoms with Gasteiger partial charge < -0.3 is 10.2 Å². The van der Waals surface area contributed by atoms with Crippen molar-refractivity contribution in [1.82, 2.24) is 4.90 Å². The number of anilines is 2. The summed E-state index contributed by atoms with van der Waals surface area (Å²) >= 11 is 1.38. The Morgan fingerprint density at radius 3 is 3.00 bits per heavy atom. The number of hydrogen-bond acceptors (Lipinski definition) is 5. The quantitative estimate of drug-likeness (QED) is 0.921. The molecule has 2 amide bonds. The summed E-state index contributed by atoms with van der Waals surface area (Å²) in [6.07, 6.45) is 0. The molecule has 1 N–H and O–H groups in total. The Morgan fingerprint density at radius 2 is 2.22 bits per heavy atom. The van der Waals surface area contributed by atoms with Crippen LogP contribution in [-0.4, -0.2) is 42.8 Å². The Kier molecular flexibility index (Phi) is 3.16. The fourth-order valence-corrected chi connectivity index (χ4v) is 3.46. The first-order chi connectivity index (χ1) is 11.1. The van der Waals surface area contributed by atoms with Gasteiger partial charge in [-0.15, -0.1) is 11.3 Å². The number of aliphatic imine (C=N–C) groups is 1. The van der Waals surface area contributed by atoms with Crippen molar-refractivity contribution in [3.63, 3.8) is 0 Å². The molecule has 3 heterocycles. The van der Waals surface area contributed by atoms with Crippen LogP contribution in [0.5, 0.6) is 0 Å². The van der Waals surface area contributed by atoms with E-state index in [1.807, 2.05) is 28.5 Å². The van der Waals surface area contributed by atoms with Crippen LogP contribution in [0.4, 0.5) is 11.4 Å². The van der Waals surface area contributed by atoms with Crippen LogP contribution in [0.3, 0.4) is 0 Å². The molecule has 116 valence electrons. The number of thiophene rings is 1. The average molecular weight is 326 g/mol. The van der Waals surface area contributed by atoms with E-state index in [2.05, 4.69) is 10.3 Å². The van der Waals surface area contributed by atoms with Gasteiger partial charge in [-0.3, -0.25) is 19.5 Å². The number of carbonyl (C=O) groups excluding carboxylic acids is 2. The Hall–Kier alpha value is -2.67. The van der Waals surface area contributed by atoms with Gasteiger partial charge in [-0.05, 0) is 29.6 Å². The number of guanidine groups is 1. The monoisotopic (exact) mass is 326 g/mol. The first-order valence-corrected chi connectivity index (χ1v) is 8.12. The largest absolute Gasteiger partial charge is 0.321 e. The summed E-state index contributed by atoms with van der Waals surface area (Å²) in [4.78, 5) is 33.3. The maximum atomic E-state index is 12.5. The first kappa shape index (κ1) is 14.0. The van der Waals surface area contributed by atoms with Crippen molar-refractivity contribution in [2.24, 2.45) is 4.99 Å². The third-order valence-electron chi connectivity index (χ3n) is 3.94. The predicted octanol–water partition coefficient (Wildman–Crippen LogP) is 2.26. The van der Waals surface area contributed by atoms with Crippen molar-refractivity contribution >= 4 is 40.5 Å². The van der Waals surface area contributed by atoms with Gasteiger partial charge >= 0.3 is 0 Å². The Morgan fingerprint density at radius 1 is 1.35 bits per heavy atom. The van der Waals surface area contributed by atoms with Gasteiger partial charge in [0.15, 0.2) is 0 Å². The fraction of sp³-hybridized carbons (Fsp3) is 0.188. The highest BCUT2D eigenvalue weighted by molar-refractivity contribution is 7.12. The molecule has 23 heavy (non-hydrogen) atoms. The molecule has 0 aliphatic carbocycles. The SMILES string of the molecule is CN1C(=O)c2cc(NC(=O)c3cccs3)ccc2N2CCN=C12. The summed E-state index contributed by atoms with van der Waals surface area (Å²) in [6.45, 7) is 1.45. The number of hydrogen-bond donors (Lipinski definition) is 1. The summed E-state index contributed by atoms with van der Waals surface area (Å²) in [7, 11) is 1.72. The third kappa shape index (κ3) is 2.20. The number of benzene rings is 1. The summed E-state index contributed by atoms with van der Waals surface area (Å²) in [5, 5.41) is 4.70. The molecule has 2 aromatic rings. The number of nitrogens with zero attached hydrogens (tertiary/aromatic N) is 3. The van der Waals surface area contributed by atoms with Crippen molar-refractivity contribution < 1.29 is 9.59 Å². The summed E-state index contributed by atoms with van der Waals surface area (Å²) < 4.78 is 0. The molecule has 2 aliphatic heterocycles. The van der Waals surface area contributed by atoms with E-state index >= 15 is 0 Å². The van der Waals surface area contributed by atoms with E-state index in [-0.39, 0.29) is 11.8 Å². The van der Waals surface area contributed by atoms with Crippen molar-refractivity contribution in [3.05, 3.63) is 46.2 Å². The molecular weight excluding hydrogens is 312 g/mol. The van der Waals surface area contributed by atoms with Crippen LogP contribution < -0.4 is 10.2 Å². The van der Waals surface area contributed by atoms with Crippen molar-refractivity contribution in [1.29, 1.82) is 0 Å². The molecule has 1 aromatic carbocycles. The number of nitrogens with one attached hydrogen (secondary N) is 1. The van der Waals surface area contributed by atoms with Gasteiger partial charge in [0.1, 0.15) is 0 Å². The first-order valence-electron chi connectivity index (χ1n) is 7.24. The molecule has 0 spiro atoms. The Balaban J connectivity index is 1.67. The van der Waals surface area contributed by atoms with E-state index in [0.717, 1.165) is 12.2 Å². The molecule has 0 saturated heterocycles. The zero-order valence-corrected chi connectivity index (χ0v) is 13.3. The molecule has 0 fully saturated rings. The zero-order valence-electron chi connectivity index (χ0n) is 12.4. The number of amides is 2. The lowest BCUT2D eigenvalue weighted by Crippen LogP contribution is -2.48. The van der Waals surface area contributed by atoms with Crippen molar-refractivity contribution in [2.45, 2.75) is 0 Å². The molecule has 0 unspecified atom stereocenters. The topological polar surface area (TPSA) is 65.0 Å². The van der Waals surface area contributed by atoms with Gasteiger partial charge in [0.25, 0.3) is 11.8 Å². The number of carbonyl (C=O) groups is 2. The van der Waals surface area contributed by atoms with E-state index in [4.69, 9.17) is 0 Å². The second-order valence-electron chi connectivity index (χ2n) is 5.36. The molecule has 6 nitrogen and oxygen atoms in total. The highest BCUT2D eigenvalue weighted by atomic mass is 32.1. The van der Waals surface area contributed by atoms with Gasteiger partial charge in [0.05, 0.1) is 22.7 Å². The van der Waals surface area contributed by atoms with Gasteiger partial charge in [-0.25, -0.2) is 0 Å². The van der Waals surface area contributed by atoms with Gasteiger partial charge in [-0.2, -0.15) is 0 Å². The molecule has 2 aliphatic rings. The van der Waals surface area contributed by atoms with E-state index in [9.17, 15) is 9.59 Å². The van der Waals surface area contributed by atoms with Crippen LogP contribution in [0.2, 0.25) is 0 Å². The lowest BCUT2D eigenvalue weighted by molar-refractivity contribution is 0.0865. The van der Waals surface area contributed by atoms with Crippen LogP contribution in [0.1, 0.15) is 20.0 Å². The van der Waals surface area contributed by atoms with E-state index < -0.39 is 0 Å². The minimum absolute atomic E-state index is 0.107. The second kappa shape index (κ2) is 5.20. The average Bonchev–Trinajstić information content (AvgIpc) is 3.23. The summed E-state index contributed by atoms with van der Waals surface area (Å²) in [5.74, 6) is 0.419. The molecule has 1 aromatic heterocycles. The van der Waals surface area contributed by atoms with E-state index in [1.54, 1.807) is 24.1 Å². The number of fused-ring (bicyclic) bond motifs is 3. The van der Waals surface area contributed by atoms with Crippen LogP contribution in [0.15, 0.2) is 40.7 Å². The van der Waals surface area contributed by atoms with Gasteiger partial charge in [-0.1, -0.05) is 6.07 Å². The normalized spacial score (nSPS) is 16.0. The van der Waals surface area contributed by atoms with Gasteiger partial charge in [0, 0.05) is 19.3 Å². The standard InChI is InChI=1S/C16H14N4O2S/c1-19-15(22)11-9-10(18-14(21)13-3-2-8-23-13)4-5-12(11)20-7-6-17-16(19)20/h2-5,8-9H,6-7H2,1H3,(H,18,21). The number of rotatable bonds is 2. The maximum absolute atomic E-state index is 12.5. The highest BCUT2D eigenvalue weighted by Crippen LogP contribution is 2.32. The molecule has 0 bridgehead atoms.